The first-order valence-electron chi connectivity index (χ1n) is 8.16. The number of rotatable bonds is 8. The van der Waals surface area contributed by atoms with E-state index in [2.05, 4.69) is 15.0 Å². The molecule has 0 aliphatic carbocycles. The highest BCUT2D eigenvalue weighted by molar-refractivity contribution is 7.92. The predicted octanol–water partition coefficient (Wildman–Crippen LogP) is 2.26. The summed E-state index contributed by atoms with van der Waals surface area (Å²) in [5.74, 6) is -1.34. The summed E-state index contributed by atoms with van der Waals surface area (Å²) in [7, 11) is -3.78. The highest BCUT2D eigenvalue weighted by Crippen LogP contribution is 2.17. The molecule has 0 spiro atoms. The number of anilines is 1. The van der Waals surface area contributed by atoms with Gasteiger partial charge in [-0.2, -0.15) is 0 Å². The van der Waals surface area contributed by atoms with Crippen LogP contribution >= 0.6 is 0 Å². The van der Waals surface area contributed by atoms with E-state index in [1.165, 1.54) is 48.8 Å². The maximum atomic E-state index is 12.4. The van der Waals surface area contributed by atoms with Crippen molar-refractivity contribution in [2.45, 2.75) is 37.1 Å². The molecule has 2 aromatic rings. The van der Waals surface area contributed by atoms with Gasteiger partial charge in [0.15, 0.2) is 0 Å². The van der Waals surface area contributed by atoms with Gasteiger partial charge >= 0.3 is 5.97 Å². The van der Waals surface area contributed by atoms with Crippen LogP contribution in [0, 0.1) is 0 Å². The molecule has 0 aliphatic rings. The Hall–Kier alpha value is -2.94. The Bertz CT molecular complexity index is 910. The first-order chi connectivity index (χ1) is 12.6. The Morgan fingerprint density at radius 3 is 2.22 bits per heavy atom. The number of amides is 1. The third kappa shape index (κ3) is 6.07. The zero-order chi connectivity index (χ0) is 20.1. The SMILES string of the molecule is CC(C)(CCC(=O)O)NC(=O)c1ccc(S(=O)(=O)Nc2ccncc2)cc1. The second-order valence-corrected chi connectivity index (χ2v) is 8.28. The van der Waals surface area contributed by atoms with Gasteiger partial charge in [0.2, 0.25) is 0 Å². The number of hydrogen-bond acceptors (Lipinski definition) is 5. The van der Waals surface area contributed by atoms with Gasteiger partial charge in [-0.15, -0.1) is 0 Å². The van der Waals surface area contributed by atoms with E-state index in [1.807, 2.05) is 0 Å². The van der Waals surface area contributed by atoms with E-state index in [0.717, 1.165) is 0 Å². The maximum Gasteiger partial charge on any atom is 0.303 e. The molecule has 1 amide bonds. The Morgan fingerprint density at radius 1 is 1.07 bits per heavy atom. The first kappa shape index (κ1) is 20.4. The summed E-state index contributed by atoms with van der Waals surface area (Å²) in [6.07, 6.45) is 3.15. The Labute approximate surface area is 157 Å². The summed E-state index contributed by atoms with van der Waals surface area (Å²) in [5.41, 5.74) is -0.0448. The molecule has 0 atom stereocenters. The van der Waals surface area contributed by atoms with Crippen LogP contribution in [-0.2, 0) is 14.8 Å². The highest BCUT2D eigenvalue weighted by atomic mass is 32.2. The van der Waals surface area contributed by atoms with E-state index in [-0.39, 0.29) is 23.3 Å². The molecular formula is C18H21N3O5S. The molecule has 144 valence electrons. The standard InChI is InChI=1S/C18H21N3O5S/c1-18(2,10-7-16(22)23)20-17(24)13-3-5-15(6-4-13)27(25,26)21-14-8-11-19-12-9-14/h3-6,8-9,11-12H,7,10H2,1-2H3,(H,19,21)(H,20,24)(H,22,23). The molecule has 3 N–H and O–H groups in total. The van der Waals surface area contributed by atoms with E-state index < -0.39 is 27.4 Å². The van der Waals surface area contributed by atoms with Gasteiger partial charge in [0.05, 0.1) is 10.6 Å². The molecular weight excluding hydrogens is 370 g/mol. The zero-order valence-electron chi connectivity index (χ0n) is 15.0. The number of pyridine rings is 1. The second kappa shape index (κ2) is 8.17. The molecule has 0 saturated heterocycles. The number of carboxylic acid groups (broad SMARTS) is 1. The minimum absolute atomic E-state index is 0.0148. The molecule has 0 aliphatic heterocycles. The van der Waals surface area contributed by atoms with E-state index >= 15 is 0 Å². The van der Waals surface area contributed by atoms with Crippen molar-refractivity contribution in [1.82, 2.24) is 10.3 Å². The van der Waals surface area contributed by atoms with Crippen LogP contribution in [0.1, 0.15) is 37.0 Å². The zero-order valence-corrected chi connectivity index (χ0v) is 15.8. The van der Waals surface area contributed by atoms with Crippen molar-refractivity contribution in [1.29, 1.82) is 0 Å². The summed E-state index contributed by atoms with van der Waals surface area (Å²) >= 11 is 0. The number of hydrogen-bond donors (Lipinski definition) is 3. The fourth-order valence-corrected chi connectivity index (χ4v) is 3.34. The number of nitrogens with one attached hydrogen (secondary N) is 2. The maximum absolute atomic E-state index is 12.4. The number of nitrogens with zero attached hydrogens (tertiary/aromatic N) is 1. The first-order valence-corrected chi connectivity index (χ1v) is 9.65. The van der Waals surface area contributed by atoms with Gasteiger partial charge in [0.25, 0.3) is 15.9 Å². The predicted molar refractivity (Wildman–Crippen MR) is 99.9 cm³/mol. The molecule has 0 fully saturated rings. The molecule has 27 heavy (non-hydrogen) atoms. The lowest BCUT2D eigenvalue weighted by Gasteiger charge is -2.25. The van der Waals surface area contributed by atoms with Crippen LogP contribution in [0.15, 0.2) is 53.7 Å². The number of aliphatic carboxylic acids is 1. The average Bonchev–Trinajstić information content (AvgIpc) is 2.60. The molecule has 0 saturated carbocycles. The molecule has 0 radical (unpaired) electrons. The van der Waals surface area contributed by atoms with Gasteiger partial charge in [-0.05, 0) is 56.7 Å². The van der Waals surface area contributed by atoms with Crippen LogP contribution in [0.4, 0.5) is 5.69 Å². The fraction of sp³-hybridized carbons (Fsp3) is 0.278. The largest absolute Gasteiger partial charge is 0.481 e. The molecule has 1 heterocycles. The summed E-state index contributed by atoms with van der Waals surface area (Å²) in [6.45, 7) is 3.45. The Balaban J connectivity index is 2.07. The van der Waals surface area contributed by atoms with Crippen molar-refractivity contribution >= 4 is 27.6 Å². The van der Waals surface area contributed by atoms with Crippen LogP contribution in [0.3, 0.4) is 0 Å². The van der Waals surface area contributed by atoms with Crippen LogP contribution in [0.25, 0.3) is 0 Å². The average molecular weight is 391 g/mol. The minimum Gasteiger partial charge on any atom is -0.481 e. The summed E-state index contributed by atoms with van der Waals surface area (Å²) < 4.78 is 27.2. The number of benzene rings is 1. The lowest BCUT2D eigenvalue weighted by Crippen LogP contribution is -2.43. The van der Waals surface area contributed by atoms with Crippen molar-refractivity contribution in [3.05, 3.63) is 54.4 Å². The minimum atomic E-state index is -3.78. The second-order valence-electron chi connectivity index (χ2n) is 6.60. The lowest BCUT2D eigenvalue weighted by atomic mass is 9.98. The fourth-order valence-electron chi connectivity index (χ4n) is 2.28. The molecule has 0 unspecified atom stereocenters. The normalized spacial score (nSPS) is 11.6. The number of carbonyl (C=O) groups is 2. The van der Waals surface area contributed by atoms with Gasteiger partial charge in [0.1, 0.15) is 0 Å². The lowest BCUT2D eigenvalue weighted by molar-refractivity contribution is -0.137. The van der Waals surface area contributed by atoms with E-state index in [0.29, 0.717) is 5.69 Å². The van der Waals surface area contributed by atoms with Gasteiger partial charge in [-0.25, -0.2) is 8.42 Å². The highest BCUT2D eigenvalue weighted by Gasteiger charge is 2.22. The Morgan fingerprint density at radius 2 is 1.67 bits per heavy atom. The van der Waals surface area contributed by atoms with Crippen LogP contribution in [0.2, 0.25) is 0 Å². The van der Waals surface area contributed by atoms with Gasteiger partial charge < -0.3 is 10.4 Å². The summed E-state index contributed by atoms with van der Waals surface area (Å²) in [4.78, 5) is 26.8. The van der Waals surface area contributed by atoms with Crippen LogP contribution in [-0.4, -0.2) is 35.9 Å². The monoisotopic (exact) mass is 391 g/mol. The molecule has 8 nitrogen and oxygen atoms in total. The number of carbonyl (C=O) groups excluding carboxylic acids is 1. The van der Waals surface area contributed by atoms with Crippen molar-refractivity contribution in [2.75, 3.05) is 4.72 Å². The molecule has 0 bridgehead atoms. The summed E-state index contributed by atoms with van der Waals surface area (Å²) in [5, 5.41) is 11.5. The van der Waals surface area contributed by atoms with E-state index in [4.69, 9.17) is 5.11 Å². The van der Waals surface area contributed by atoms with Gasteiger partial charge in [0, 0.05) is 29.9 Å². The number of carboxylic acids is 1. The van der Waals surface area contributed by atoms with Gasteiger partial charge in [-0.3, -0.25) is 19.3 Å². The summed E-state index contributed by atoms with van der Waals surface area (Å²) in [6, 6.07) is 8.54. The number of aromatic nitrogens is 1. The smallest absolute Gasteiger partial charge is 0.303 e. The van der Waals surface area contributed by atoms with Gasteiger partial charge in [-0.1, -0.05) is 0 Å². The quantitative estimate of drug-likeness (QED) is 0.634. The molecule has 1 aromatic carbocycles. The molecule has 2 rings (SSSR count). The topological polar surface area (TPSA) is 125 Å². The van der Waals surface area contributed by atoms with E-state index in [9.17, 15) is 18.0 Å². The van der Waals surface area contributed by atoms with Crippen molar-refractivity contribution in [3.63, 3.8) is 0 Å². The molecule has 1 aromatic heterocycles. The van der Waals surface area contributed by atoms with E-state index in [1.54, 1.807) is 13.8 Å². The third-order valence-electron chi connectivity index (χ3n) is 3.78. The molecule has 9 heteroatoms. The van der Waals surface area contributed by atoms with Crippen LogP contribution < -0.4 is 10.0 Å². The van der Waals surface area contributed by atoms with Crippen molar-refractivity contribution < 1.29 is 23.1 Å². The number of sulfonamides is 1. The third-order valence-corrected chi connectivity index (χ3v) is 5.17. The Kier molecular flexibility index (Phi) is 6.17. The van der Waals surface area contributed by atoms with Crippen LogP contribution in [0.5, 0.6) is 0 Å². The van der Waals surface area contributed by atoms with Crippen molar-refractivity contribution in [2.24, 2.45) is 0 Å². The van der Waals surface area contributed by atoms with Crippen molar-refractivity contribution in [3.8, 4) is 0 Å².